The van der Waals surface area contributed by atoms with Crippen LogP contribution >= 0.6 is 7.92 Å². The Hall–Kier alpha value is -2.16. The molecule has 5 heteroatoms. The molecule has 0 spiro atoms. The van der Waals surface area contributed by atoms with E-state index >= 15 is 0 Å². The fourth-order valence-corrected chi connectivity index (χ4v) is 6.78. The Bertz CT molecular complexity index is 865. The molecule has 0 aliphatic heterocycles. The molecule has 0 heterocycles. The molecule has 0 aliphatic rings. The fourth-order valence-electron chi connectivity index (χ4n) is 3.91. The molecular formula is C26H29F3NP. The molecule has 164 valence electrons. The van der Waals surface area contributed by atoms with Crippen molar-refractivity contribution in [1.82, 2.24) is 4.90 Å². The molecule has 1 unspecified atom stereocenters. The third-order valence-electron chi connectivity index (χ3n) is 5.22. The zero-order valence-electron chi connectivity index (χ0n) is 18.0. The van der Waals surface area contributed by atoms with Crippen LogP contribution in [0.1, 0.15) is 43.6 Å². The molecule has 3 aromatic carbocycles. The first-order valence-corrected chi connectivity index (χ1v) is 12.2. The number of nitrogens with zero attached hydrogens (tertiary/aromatic N) is 1. The van der Waals surface area contributed by atoms with Crippen LogP contribution in [0.4, 0.5) is 13.2 Å². The van der Waals surface area contributed by atoms with E-state index in [1.54, 1.807) is 12.1 Å². The maximum Gasteiger partial charge on any atom is 0.416 e. The molecule has 0 saturated carbocycles. The summed E-state index contributed by atoms with van der Waals surface area (Å²) < 4.78 is 39.6. The van der Waals surface area contributed by atoms with Crippen LogP contribution in [0.25, 0.3) is 0 Å². The summed E-state index contributed by atoms with van der Waals surface area (Å²) in [6, 6.07) is 26.6. The normalized spacial score (nSPS) is 13.0. The van der Waals surface area contributed by atoms with E-state index in [0.29, 0.717) is 0 Å². The zero-order valence-corrected chi connectivity index (χ0v) is 18.9. The molecule has 31 heavy (non-hydrogen) atoms. The van der Waals surface area contributed by atoms with Crippen LogP contribution in [0, 0.1) is 0 Å². The molecular weight excluding hydrogens is 414 g/mol. The molecule has 3 aromatic rings. The lowest BCUT2D eigenvalue weighted by Gasteiger charge is -2.38. The maximum absolute atomic E-state index is 13.2. The third kappa shape index (κ3) is 5.96. The summed E-state index contributed by atoms with van der Waals surface area (Å²) in [4.78, 5) is 2.45. The standard InChI is InChI=1S/C26H29F3NP/c1-3-19-30(20-4-2)25(21-15-17-22(18-16-21)26(27,28)29)31(23-11-7-5-8-12-23)24-13-9-6-10-14-24/h5-18,25H,3-4,19-20H2,1-2H3. The van der Waals surface area contributed by atoms with Gasteiger partial charge in [-0.05, 0) is 62.2 Å². The number of benzene rings is 3. The average Bonchev–Trinajstić information content (AvgIpc) is 2.78. The lowest BCUT2D eigenvalue weighted by atomic mass is 10.1. The van der Waals surface area contributed by atoms with Gasteiger partial charge in [-0.1, -0.05) is 86.6 Å². The predicted octanol–water partition coefficient (Wildman–Crippen LogP) is 6.96. The Morgan fingerprint density at radius 2 is 1.16 bits per heavy atom. The lowest BCUT2D eigenvalue weighted by molar-refractivity contribution is -0.137. The summed E-state index contributed by atoms with van der Waals surface area (Å²) in [6.45, 7) is 6.11. The van der Waals surface area contributed by atoms with Gasteiger partial charge in [-0.25, -0.2) is 0 Å². The van der Waals surface area contributed by atoms with E-state index in [1.165, 1.54) is 22.7 Å². The second-order valence-corrected chi connectivity index (χ2v) is 9.83. The third-order valence-corrected chi connectivity index (χ3v) is 8.04. The Morgan fingerprint density at radius 1 is 0.710 bits per heavy atom. The van der Waals surface area contributed by atoms with Gasteiger partial charge in [0.15, 0.2) is 0 Å². The van der Waals surface area contributed by atoms with Crippen molar-refractivity contribution in [3.63, 3.8) is 0 Å². The highest BCUT2D eigenvalue weighted by Crippen LogP contribution is 2.51. The molecule has 0 saturated heterocycles. The first-order chi connectivity index (χ1) is 15.0. The monoisotopic (exact) mass is 443 g/mol. The first kappa shape index (κ1) is 23.5. The van der Waals surface area contributed by atoms with Crippen molar-refractivity contribution < 1.29 is 13.2 Å². The molecule has 1 nitrogen and oxygen atoms in total. The highest BCUT2D eigenvalue weighted by Gasteiger charge is 2.33. The zero-order chi connectivity index (χ0) is 22.3. The van der Waals surface area contributed by atoms with Gasteiger partial charge in [-0.2, -0.15) is 13.2 Å². The molecule has 0 bridgehead atoms. The Morgan fingerprint density at radius 3 is 1.55 bits per heavy atom. The average molecular weight is 443 g/mol. The molecule has 0 aromatic heterocycles. The van der Waals surface area contributed by atoms with Gasteiger partial charge in [0.25, 0.3) is 0 Å². The summed E-state index contributed by atoms with van der Waals surface area (Å²) in [5.74, 6) is 0.00184. The quantitative estimate of drug-likeness (QED) is 0.323. The van der Waals surface area contributed by atoms with Crippen LogP contribution in [0.2, 0.25) is 0 Å². The maximum atomic E-state index is 13.2. The molecule has 0 amide bonds. The summed E-state index contributed by atoms with van der Waals surface area (Å²) >= 11 is 0. The molecule has 1 atom stereocenters. The van der Waals surface area contributed by atoms with Crippen LogP contribution in [-0.2, 0) is 6.18 Å². The Labute approximate surface area is 184 Å². The van der Waals surface area contributed by atoms with Gasteiger partial charge in [-0.15, -0.1) is 0 Å². The predicted molar refractivity (Wildman–Crippen MR) is 125 cm³/mol. The first-order valence-electron chi connectivity index (χ1n) is 10.8. The van der Waals surface area contributed by atoms with E-state index in [9.17, 15) is 13.2 Å². The minimum absolute atomic E-state index is 0.00184. The summed E-state index contributed by atoms with van der Waals surface area (Å²) in [7, 11) is -0.846. The van der Waals surface area contributed by atoms with Gasteiger partial charge in [0.2, 0.25) is 0 Å². The molecule has 3 rings (SSSR count). The molecule has 0 fully saturated rings. The van der Waals surface area contributed by atoms with Crippen molar-refractivity contribution in [2.45, 2.75) is 38.6 Å². The highest BCUT2D eigenvalue weighted by atomic mass is 31.1. The van der Waals surface area contributed by atoms with Gasteiger partial charge in [0.05, 0.1) is 11.3 Å². The van der Waals surface area contributed by atoms with Gasteiger partial charge in [0, 0.05) is 0 Å². The van der Waals surface area contributed by atoms with Crippen LogP contribution in [-0.4, -0.2) is 18.0 Å². The smallest absolute Gasteiger partial charge is 0.292 e. The van der Waals surface area contributed by atoms with E-state index in [1.807, 2.05) is 36.4 Å². The summed E-state index contributed by atoms with van der Waals surface area (Å²) in [6.07, 6.45) is -2.35. The van der Waals surface area contributed by atoms with Gasteiger partial charge >= 0.3 is 6.18 Å². The Kier molecular flexibility index (Phi) is 8.28. The van der Waals surface area contributed by atoms with Crippen molar-refractivity contribution in [2.75, 3.05) is 13.1 Å². The van der Waals surface area contributed by atoms with Crippen LogP contribution in [0.15, 0.2) is 84.9 Å². The summed E-state index contributed by atoms with van der Waals surface area (Å²) in [5, 5.41) is 2.46. The minimum atomic E-state index is -4.33. The number of alkyl halides is 3. The minimum Gasteiger partial charge on any atom is -0.292 e. The second-order valence-electron chi connectivity index (χ2n) is 7.57. The number of rotatable bonds is 9. The number of hydrogen-bond donors (Lipinski definition) is 0. The van der Waals surface area contributed by atoms with Crippen molar-refractivity contribution in [3.8, 4) is 0 Å². The van der Waals surface area contributed by atoms with E-state index in [-0.39, 0.29) is 5.78 Å². The van der Waals surface area contributed by atoms with Crippen molar-refractivity contribution in [2.24, 2.45) is 0 Å². The van der Waals surface area contributed by atoms with E-state index < -0.39 is 19.7 Å². The molecule has 0 N–H and O–H groups in total. The topological polar surface area (TPSA) is 3.24 Å². The van der Waals surface area contributed by atoms with E-state index in [0.717, 1.165) is 31.5 Å². The van der Waals surface area contributed by atoms with Crippen LogP contribution < -0.4 is 10.6 Å². The van der Waals surface area contributed by atoms with Crippen molar-refractivity contribution in [1.29, 1.82) is 0 Å². The lowest BCUT2D eigenvalue weighted by Crippen LogP contribution is -2.33. The number of hydrogen-bond acceptors (Lipinski definition) is 1. The van der Waals surface area contributed by atoms with Crippen molar-refractivity contribution >= 4 is 18.5 Å². The van der Waals surface area contributed by atoms with Gasteiger partial charge in [0.1, 0.15) is 0 Å². The van der Waals surface area contributed by atoms with Gasteiger partial charge in [-0.3, -0.25) is 4.90 Å². The Balaban J connectivity index is 2.16. The largest absolute Gasteiger partial charge is 0.416 e. The SMILES string of the molecule is CCCN(CCC)C(c1ccc(C(F)(F)F)cc1)P(c1ccccc1)c1ccccc1. The van der Waals surface area contributed by atoms with Crippen LogP contribution in [0.5, 0.6) is 0 Å². The fraction of sp³-hybridized carbons (Fsp3) is 0.308. The summed E-state index contributed by atoms with van der Waals surface area (Å²) in [5.41, 5.74) is 0.338. The van der Waals surface area contributed by atoms with E-state index in [2.05, 4.69) is 43.0 Å². The highest BCUT2D eigenvalue weighted by molar-refractivity contribution is 7.73. The van der Waals surface area contributed by atoms with E-state index in [4.69, 9.17) is 0 Å². The second kappa shape index (κ2) is 10.9. The van der Waals surface area contributed by atoms with Gasteiger partial charge < -0.3 is 0 Å². The number of halogens is 3. The van der Waals surface area contributed by atoms with Crippen LogP contribution in [0.3, 0.4) is 0 Å². The van der Waals surface area contributed by atoms with Crippen molar-refractivity contribution in [3.05, 3.63) is 96.1 Å². The molecule has 0 aliphatic carbocycles. The molecule has 0 radical (unpaired) electrons.